The van der Waals surface area contributed by atoms with E-state index in [1.54, 1.807) is 24.3 Å². The molecule has 0 saturated carbocycles. The van der Waals surface area contributed by atoms with Crippen LogP contribution >= 0.6 is 0 Å². The fourth-order valence-corrected chi connectivity index (χ4v) is 1.57. The van der Waals surface area contributed by atoms with Gasteiger partial charge in [0.1, 0.15) is 0 Å². The van der Waals surface area contributed by atoms with Gasteiger partial charge in [-0.2, -0.15) is 0 Å². The molecule has 2 rings (SSSR count). The molecular formula is C13H15N3O. The van der Waals surface area contributed by atoms with E-state index < -0.39 is 0 Å². The number of hydrogen-bond acceptors (Lipinski definition) is 3. The van der Waals surface area contributed by atoms with Gasteiger partial charge in [0.05, 0.1) is 0 Å². The lowest BCUT2D eigenvalue weighted by Crippen LogP contribution is -2.25. The topological polar surface area (TPSA) is 81.1 Å². The normalized spacial score (nSPS) is 18.6. The van der Waals surface area contributed by atoms with Crippen LogP contribution < -0.4 is 16.8 Å². The van der Waals surface area contributed by atoms with E-state index in [2.05, 4.69) is 5.32 Å². The van der Waals surface area contributed by atoms with E-state index in [1.807, 2.05) is 18.2 Å². The van der Waals surface area contributed by atoms with Crippen LogP contribution in [-0.2, 0) is 0 Å². The Morgan fingerprint density at radius 1 is 1.29 bits per heavy atom. The van der Waals surface area contributed by atoms with E-state index in [0.717, 1.165) is 12.1 Å². The van der Waals surface area contributed by atoms with Crippen LogP contribution in [0, 0.1) is 0 Å². The quantitative estimate of drug-likeness (QED) is 0.666. The van der Waals surface area contributed by atoms with Crippen LogP contribution in [0.5, 0.6) is 0 Å². The molecule has 0 aliphatic heterocycles. The number of carbonyl (C=O) groups excluding carboxylic acids is 1. The van der Waals surface area contributed by atoms with Crippen molar-refractivity contribution in [1.82, 2.24) is 5.32 Å². The van der Waals surface area contributed by atoms with Crippen LogP contribution in [0.15, 0.2) is 48.2 Å². The zero-order chi connectivity index (χ0) is 12.3. The van der Waals surface area contributed by atoms with Gasteiger partial charge in [0.2, 0.25) is 0 Å². The molecule has 0 radical (unpaired) electrons. The SMILES string of the molecule is Nc1ccc(C(=O)NC2=CCC(N)C=C2)cc1. The van der Waals surface area contributed by atoms with Crippen molar-refractivity contribution < 1.29 is 4.79 Å². The summed E-state index contributed by atoms with van der Waals surface area (Å²) < 4.78 is 0. The summed E-state index contributed by atoms with van der Waals surface area (Å²) in [6.45, 7) is 0. The number of anilines is 1. The lowest BCUT2D eigenvalue weighted by atomic mass is 10.1. The van der Waals surface area contributed by atoms with Gasteiger partial charge in [-0.1, -0.05) is 12.2 Å². The first kappa shape index (κ1) is 11.4. The average Bonchev–Trinajstić information content (AvgIpc) is 2.33. The highest BCUT2D eigenvalue weighted by Crippen LogP contribution is 2.09. The summed E-state index contributed by atoms with van der Waals surface area (Å²) in [5.74, 6) is -0.142. The Bertz CT molecular complexity index is 474. The lowest BCUT2D eigenvalue weighted by molar-refractivity contribution is 0.0967. The molecule has 5 N–H and O–H groups in total. The van der Waals surface area contributed by atoms with E-state index in [1.165, 1.54) is 0 Å². The molecule has 4 nitrogen and oxygen atoms in total. The molecular weight excluding hydrogens is 214 g/mol. The van der Waals surface area contributed by atoms with Gasteiger partial charge in [-0.3, -0.25) is 4.79 Å². The van der Waals surface area contributed by atoms with Gasteiger partial charge >= 0.3 is 0 Å². The van der Waals surface area contributed by atoms with Crippen molar-refractivity contribution in [3.8, 4) is 0 Å². The summed E-state index contributed by atoms with van der Waals surface area (Å²) in [7, 11) is 0. The van der Waals surface area contributed by atoms with Crippen molar-refractivity contribution >= 4 is 11.6 Å². The maximum atomic E-state index is 11.8. The molecule has 0 bridgehead atoms. The molecule has 4 heteroatoms. The Hall–Kier alpha value is -2.07. The van der Waals surface area contributed by atoms with Crippen molar-refractivity contribution in [3.05, 3.63) is 53.8 Å². The third-order valence-corrected chi connectivity index (χ3v) is 2.56. The molecule has 1 aromatic carbocycles. The van der Waals surface area contributed by atoms with Crippen molar-refractivity contribution in [2.45, 2.75) is 12.5 Å². The smallest absolute Gasteiger partial charge is 0.255 e. The molecule has 17 heavy (non-hydrogen) atoms. The maximum absolute atomic E-state index is 11.8. The zero-order valence-corrected chi connectivity index (χ0v) is 9.39. The van der Waals surface area contributed by atoms with Gasteiger partial charge < -0.3 is 16.8 Å². The summed E-state index contributed by atoms with van der Waals surface area (Å²) in [6, 6.07) is 6.85. The second-order valence-electron chi connectivity index (χ2n) is 3.99. The van der Waals surface area contributed by atoms with E-state index in [4.69, 9.17) is 11.5 Å². The van der Waals surface area contributed by atoms with Crippen molar-refractivity contribution in [2.75, 3.05) is 5.73 Å². The predicted molar refractivity (Wildman–Crippen MR) is 68.1 cm³/mol. The Morgan fingerprint density at radius 2 is 2.00 bits per heavy atom. The molecule has 88 valence electrons. The Balaban J connectivity index is 2.03. The minimum Gasteiger partial charge on any atom is -0.399 e. The van der Waals surface area contributed by atoms with Crippen LogP contribution in [0.3, 0.4) is 0 Å². The summed E-state index contributed by atoms with van der Waals surface area (Å²) in [5.41, 5.74) is 13.3. The Morgan fingerprint density at radius 3 is 2.59 bits per heavy atom. The fourth-order valence-electron chi connectivity index (χ4n) is 1.57. The number of nitrogens with one attached hydrogen (secondary N) is 1. The van der Waals surface area contributed by atoms with Gasteiger partial charge in [0.15, 0.2) is 0 Å². The largest absolute Gasteiger partial charge is 0.399 e. The van der Waals surface area contributed by atoms with Crippen LogP contribution in [0.1, 0.15) is 16.8 Å². The van der Waals surface area contributed by atoms with Crippen LogP contribution in [-0.4, -0.2) is 11.9 Å². The number of hydrogen-bond donors (Lipinski definition) is 3. The summed E-state index contributed by atoms with van der Waals surface area (Å²) >= 11 is 0. The highest BCUT2D eigenvalue weighted by atomic mass is 16.1. The van der Waals surface area contributed by atoms with E-state index in [0.29, 0.717) is 11.3 Å². The van der Waals surface area contributed by atoms with Crippen molar-refractivity contribution in [2.24, 2.45) is 5.73 Å². The van der Waals surface area contributed by atoms with Crippen LogP contribution in [0.25, 0.3) is 0 Å². The number of carbonyl (C=O) groups is 1. The first-order chi connectivity index (χ1) is 8.15. The second-order valence-corrected chi connectivity index (χ2v) is 3.99. The molecule has 0 fully saturated rings. The monoisotopic (exact) mass is 229 g/mol. The summed E-state index contributed by atoms with van der Waals surface area (Å²) in [4.78, 5) is 11.8. The zero-order valence-electron chi connectivity index (χ0n) is 9.39. The molecule has 1 atom stereocenters. The molecule has 0 spiro atoms. The summed E-state index contributed by atoms with van der Waals surface area (Å²) in [5, 5.41) is 2.81. The van der Waals surface area contributed by atoms with E-state index in [-0.39, 0.29) is 11.9 Å². The highest BCUT2D eigenvalue weighted by Gasteiger charge is 2.08. The van der Waals surface area contributed by atoms with Crippen LogP contribution in [0.2, 0.25) is 0 Å². The number of nitrogens with two attached hydrogens (primary N) is 2. The number of nitrogen functional groups attached to an aromatic ring is 1. The summed E-state index contributed by atoms with van der Waals surface area (Å²) in [6.07, 6.45) is 6.36. The second kappa shape index (κ2) is 4.84. The molecule has 1 aliphatic rings. The third kappa shape index (κ3) is 2.95. The number of amides is 1. The molecule has 1 unspecified atom stereocenters. The van der Waals surface area contributed by atoms with Gasteiger partial charge in [0, 0.05) is 23.0 Å². The van der Waals surface area contributed by atoms with E-state index in [9.17, 15) is 4.79 Å². The number of benzene rings is 1. The van der Waals surface area contributed by atoms with Gasteiger partial charge in [-0.15, -0.1) is 0 Å². The molecule has 1 aromatic rings. The lowest BCUT2D eigenvalue weighted by Gasteiger charge is -2.12. The average molecular weight is 229 g/mol. The molecule has 0 aromatic heterocycles. The van der Waals surface area contributed by atoms with Crippen molar-refractivity contribution in [1.29, 1.82) is 0 Å². The molecule has 0 heterocycles. The molecule has 1 amide bonds. The van der Waals surface area contributed by atoms with Crippen molar-refractivity contribution in [3.63, 3.8) is 0 Å². The van der Waals surface area contributed by atoms with Gasteiger partial charge in [-0.25, -0.2) is 0 Å². The first-order valence-electron chi connectivity index (χ1n) is 5.46. The molecule has 1 aliphatic carbocycles. The van der Waals surface area contributed by atoms with E-state index >= 15 is 0 Å². The fraction of sp³-hybridized carbons (Fsp3) is 0.154. The standard InChI is InChI=1S/C13H15N3O/c14-10-3-1-9(2-4-10)13(17)16-12-7-5-11(15)6-8-12/h1-5,7-8,11H,6,14-15H2,(H,16,17). The third-order valence-electron chi connectivity index (χ3n) is 2.56. The number of rotatable bonds is 2. The van der Waals surface area contributed by atoms with Crippen LogP contribution in [0.4, 0.5) is 5.69 Å². The van der Waals surface area contributed by atoms with Gasteiger partial charge in [-0.05, 0) is 36.8 Å². The highest BCUT2D eigenvalue weighted by molar-refractivity contribution is 5.95. The minimum absolute atomic E-state index is 0.0483. The maximum Gasteiger partial charge on any atom is 0.255 e. The molecule has 0 saturated heterocycles. The minimum atomic E-state index is -0.142. The Labute approximate surface area is 100.0 Å². The predicted octanol–water partition coefficient (Wildman–Crippen LogP) is 1.17. The number of allylic oxidation sites excluding steroid dienone is 1. The Kier molecular flexibility index (Phi) is 3.25. The van der Waals surface area contributed by atoms with Gasteiger partial charge in [0.25, 0.3) is 5.91 Å². The first-order valence-corrected chi connectivity index (χ1v) is 5.46.